The van der Waals surface area contributed by atoms with E-state index >= 15 is 0 Å². The van der Waals surface area contributed by atoms with Crippen LogP contribution in [-0.2, 0) is 10.2 Å². The Morgan fingerprint density at radius 1 is 0.966 bits per heavy atom. The highest BCUT2D eigenvalue weighted by molar-refractivity contribution is 7.21. The number of fused-ring (bicyclic) bond motifs is 1. The molecule has 1 unspecified atom stereocenters. The number of amides is 1. The first-order chi connectivity index (χ1) is 13.9. The van der Waals surface area contributed by atoms with E-state index in [-0.39, 0.29) is 11.7 Å². The molecule has 2 aromatic carbocycles. The SMILES string of the molecule is COc1ccc(C2(C)C(=O)Nc3sc(Cl)c(-c4ccccc4OC)c3C2=O)cc1. The number of anilines is 1. The van der Waals surface area contributed by atoms with E-state index in [1.54, 1.807) is 45.4 Å². The Bertz CT molecular complexity index is 1120. The first kappa shape index (κ1) is 19.5. The van der Waals surface area contributed by atoms with Gasteiger partial charge in [0.05, 0.1) is 19.8 Å². The quantitative estimate of drug-likeness (QED) is 0.583. The number of para-hydroxylation sites is 1. The zero-order valence-corrected chi connectivity index (χ0v) is 17.6. The Hall–Kier alpha value is -2.83. The number of ketones is 1. The largest absolute Gasteiger partial charge is 0.497 e. The average Bonchev–Trinajstić information content (AvgIpc) is 3.07. The summed E-state index contributed by atoms with van der Waals surface area (Å²) in [4.78, 5) is 26.7. The fourth-order valence-electron chi connectivity index (χ4n) is 3.57. The van der Waals surface area contributed by atoms with Gasteiger partial charge in [-0.2, -0.15) is 0 Å². The third-order valence-corrected chi connectivity index (χ3v) is 6.59. The molecule has 0 spiro atoms. The number of hydrogen-bond acceptors (Lipinski definition) is 5. The number of hydrogen-bond donors (Lipinski definition) is 1. The number of benzene rings is 2. The number of carbonyl (C=O) groups is 2. The number of rotatable bonds is 4. The van der Waals surface area contributed by atoms with Gasteiger partial charge in [-0.05, 0) is 30.7 Å². The van der Waals surface area contributed by atoms with Gasteiger partial charge in [0.25, 0.3) is 0 Å². The predicted octanol–water partition coefficient (Wildman–Crippen LogP) is 5.18. The summed E-state index contributed by atoms with van der Waals surface area (Å²) >= 11 is 7.71. The van der Waals surface area contributed by atoms with Crippen LogP contribution in [0.3, 0.4) is 0 Å². The van der Waals surface area contributed by atoms with E-state index in [2.05, 4.69) is 5.32 Å². The molecule has 0 saturated heterocycles. The summed E-state index contributed by atoms with van der Waals surface area (Å²) in [6, 6.07) is 14.3. The van der Waals surface area contributed by atoms with Crippen LogP contribution in [0.1, 0.15) is 22.8 Å². The summed E-state index contributed by atoms with van der Waals surface area (Å²) in [6.07, 6.45) is 0. The van der Waals surface area contributed by atoms with E-state index in [1.165, 1.54) is 11.3 Å². The summed E-state index contributed by atoms with van der Waals surface area (Å²) in [5, 5.41) is 3.33. The van der Waals surface area contributed by atoms with Crippen molar-refractivity contribution in [3.05, 3.63) is 64.0 Å². The highest BCUT2D eigenvalue weighted by Gasteiger charge is 2.49. The molecule has 2 heterocycles. The first-order valence-electron chi connectivity index (χ1n) is 8.88. The lowest BCUT2D eigenvalue weighted by Gasteiger charge is -2.32. The van der Waals surface area contributed by atoms with Crippen LogP contribution < -0.4 is 14.8 Å². The van der Waals surface area contributed by atoms with Gasteiger partial charge in [-0.15, -0.1) is 11.3 Å². The van der Waals surface area contributed by atoms with Crippen LogP contribution in [0.4, 0.5) is 5.00 Å². The van der Waals surface area contributed by atoms with Crippen LogP contribution >= 0.6 is 22.9 Å². The molecular weight excluding hydrogens is 410 g/mol. The van der Waals surface area contributed by atoms with E-state index in [0.717, 1.165) is 0 Å². The number of nitrogens with one attached hydrogen (secondary N) is 1. The van der Waals surface area contributed by atoms with Crippen LogP contribution in [0.2, 0.25) is 4.34 Å². The molecule has 0 saturated carbocycles. The van der Waals surface area contributed by atoms with Crippen molar-refractivity contribution in [2.45, 2.75) is 12.3 Å². The second-order valence-electron chi connectivity index (χ2n) is 6.79. The third-order valence-electron chi connectivity index (χ3n) is 5.27. The van der Waals surface area contributed by atoms with E-state index in [1.807, 2.05) is 24.3 Å². The minimum atomic E-state index is -1.39. The molecule has 0 fully saturated rings. The summed E-state index contributed by atoms with van der Waals surface area (Å²) in [5.74, 6) is 0.566. The summed E-state index contributed by atoms with van der Waals surface area (Å²) in [5.41, 5.74) is 0.885. The molecule has 1 N–H and O–H groups in total. The molecule has 5 nitrogen and oxygen atoms in total. The van der Waals surface area contributed by atoms with E-state index in [0.29, 0.717) is 43.1 Å². The molecule has 0 radical (unpaired) electrons. The Morgan fingerprint density at radius 2 is 1.66 bits per heavy atom. The number of ether oxygens (including phenoxy) is 2. The Kier molecular flexibility index (Phi) is 4.84. The van der Waals surface area contributed by atoms with Crippen LogP contribution in [0, 0.1) is 0 Å². The van der Waals surface area contributed by atoms with Crippen molar-refractivity contribution in [1.29, 1.82) is 0 Å². The average molecular weight is 428 g/mol. The molecule has 0 aliphatic carbocycles. The van der Waals surface area contributed by atoms with Crippen LogP contribution in [0.25, 0.3) is 11.1 Å². The molecule has 1 aliphatic heterocycles. The lowest BCUT2D eigenvalue weighted by atomic mass is 9.73. The van der Waals surface area contributed by atoms with Crippen molar-refractivity contribution in [1.82, 2.24) is 0 Å². The fraction of sp³-hybridized carbons (Fsp3) is 0.182. The van der Waals surface area contributed by atoms with Gasteiger partial charge in [-0.1, -0.05) is 41.9 Å². The van der Waals surface area contributed by atoms with E-state index in [4.69, 9.17) is 21.1 Å². The van der Waals surface area contributed by atoms with E-state index in [9.17, 15) is 9.59 Å². The third kappa shape index (κ3) is 2.91. The highest BCUT2D eigenvalue weighted by Crippen LogP contribution is 2.51. The monoisotopic (exact) mass is 427 g/mol. The van der Waals surface area contributed by atoms with Crippen LogP contribution in [-0.4, -0.2) is 25.9 Å². The molecule has 0 bridgehead atoms. The van der Waals surface area contributed by atoms with Gasteiger partial charge in [0.2, 0.25) is 5.91 Å². The maximum atomic E-state index is 13.7. The minimum absolute atomic E-state index is 0.300. The van der Waals surface area contributed by atoms with E-state index < -0.39 is 5.41 Å². The van der Waals surface area contributed by atoms with Gasteiger partial charge in [0.1, 0.15) is 26.3 Å². The molecule has 148 valence electrons. The molecular formula is C22H18ClNO4S. The summed E-state index contributed by atoms with van der Waals surface area (Å²) < 4.78 is 11.1. The van der Waals surface area contributed by atoms with Crippen molar-refractivity contribution in [3.8, 4) is 22.6 Å². The lowest BCUT2D eigenvalue weighted by Crippen LogP contribution is -2.48. The standard InChI is InChI=1S/C22H18ClNO4S/c1-22(12-8-10-13(27-2)11-9-12)18(25)17-16(14-6-4-5-7-15(14)28-3)19(23)29-20(17)24-21(22)26/h4-11H,1-3H3,(H,24,26). The fourth-order valence-corrected chi connectivity index (χ4v) is 4.93. The second-order valence-corrected chi connectivity index (χ2v) is 8.41. The number of halogens is 1. The molecule has 1 aromatic heterocycles. The molecule has 1 aliphatic rings. The van der Waals surface area contributed by atoms with Crippen molar-refractivity contribution in [2.24, 2.45) is 0 Å². The Labute approximate surface area is 177 Å². The minimum Gasteiger partial charge on any atom is -0.497 e. The molecule has 29 heavy (non-hydrogen) atoms. The smallest absolute Gasteiger partial charge is 0.243 e. The topological polar surface area (TPSA) is 64.6 Å². The zero-order valence-electron chi connectivity index (χ0n) is 16.0. The van der Waals surface area contributed by atoms with Gasteiger partial charge in [0, 0.05) is 11.1 Å². The molecule has 1 atom stereocenters. The summed E-state index contributed by atoms with van der Waals surface area (Å²) in [6.45, 7) is 1.63. The Morgan fingerprint density at radius 3 is 2.31 bits per heavy atom. The van der Waals surface area contributed by atoms with Crippen molar-refractivity contribution in [3.63, 3.8) is 0 Å². The van der Waals surface area contributed by atoms with Crippen LogP contribution in [0.5, 0.6) is 11.5 Å². The Balaban J connectivity index is 1.91. The highest BCUT2D eigenvalue weighted by atomic mass is 35.5. The molecule has 4 rings (SSSR count). The number of Topliss-reactive ketones (excluding diaryl/α,β-unsaturated/α-hetero) is 1. The van der Waals surface area contributed by atoms with Gasteiger partial charge in [-0.3, -0.25) is 9.59 Å². The van der Waals surface area contributed by atoms with Crippen molar-refractivity contribution >= 4 is 39.6 Å². The predicted molar refractivity (Wildman–Crippen MR) is 115 cm³/mol. The maximum Gasteiger partial charge on any atom is 0.243 e. The maximum absolute atomic E-state index is 13.7. The normalized spacial score (nSPS) is 18.2. The van der Waals surface area contributed by atoms with Crippen molar-refractivity contribution in [2.75, 3.05) is 19.5 Å². The van der Waals surface area contributed by atoms with Crippen LogP contribution in [0.15, 0.2) is 48.5 Å². The zero-order chi connectivity index (χ0) is 20.8. The number of methoxy groups -OCH3 is 2. The van der Waals surface area contributed by atoms with Gasteiger partial charge < -0.3 is 14.8 Å². The summed E-state index contributed by atoms with van der Waals surface area (Å²) in [7, 11) is 3.13. The number of thiophene rings is 1. The first-order valence-corrected chi connectivity index (χ1v) is 10.1. The second kappa shape index (κ2) is 7.21. The molecule has 3 aromatic rings. The van der Waals surface area contributed by atoms with Gasteiger partial charge in [0.15, 0.2) is 5.78 Å². The molecule has 7 heteroatoms. The van der Waals surface area contributed by atoms with Gasteiger partial charge in [-0.25, -0.2) is 0 Å². The van der Waals surface area contributed by atoms with Crippen molar-refractivity contribution < 1.29 is 19.1 Å². The number of carbonyl (C=O) groups excluding carboxylic acids is 2. The lowest BCUT2D eigenvalue weighted by molar-refractivity contribution is -0.119. The van der Waals surface area contributed by atoms with Gasteiger partial charge >= 0.3 is 0 Å². The molecule has 1 amide bonds.